The van der Waals surface area contributed by atoms with Crippen LogP contribution in [0.1, 0.15) is 31.2 Å². The molecule has 14 heavy (non-hydrogen) atoms. The summed E-state index contributed by atoms with van der Waals surface area (Å²) in [4.78, 5) is 0. The first-order valence-corrected chi connectivity index (χ1v) is 5.16. The van der Waals surface area contributed by atoms with Crippen LogP contribution in [0.25, 0.3) is 0 Å². The molecule has 1 aliphatic carbocycles. The van der Waals surface area contributed by atoms with E-state index in [2.05, 4.69) is 11.4 Å². The highest BCUT2D eigenvalue weighted by Crippen LogP contribution is 2.23. The molecule has 0 aliphatic heterocycles. The van der Waals surface area contributed by atoms with Crippen LogP contribution in [0.5, 0.6) is 0 Å². The molecule has 0 saturated heterocycles. The number of hydrogen-bond acceptors (Lipinski definition) is 2. The third kappa shape index (κ3) is 1.88. The zero-order chi connectivity index (χ0) is 9.80. The summed E-state index contributed by atoms with van der Waals surface area (Å²) in [6.07, 6.45) is 5.10. The van der Waals surface area contributed by atoms with Crippen molar-refractivity contribution in [2.45, 2.75) is 31.7 Å². The molecule has 0 amide bonds. The third-order valence-corrected chi connectivity index (χ3v) is 2.76. The third-order valence-electron chi connectivity index (χ3n) is 2.76. The molecule has 1 aromatic rings. The van der Waals surface area contributed by atoms with Gasteiger partial charge in [-0.2, -0.15) is 5.26 Å². The fraction of sp³-hybridized carbons (Fsp3) is 0.417. The van der Waals surface area contributed by atoms with Crippen molar-refractivity contribution in [2.75, 3.05) is 5.32 Å². The average Bonchev–Trinajstić information content (AvgIpc) is 2.71. The number of hydrogen-bond donors (Lipinski definition) is 1. The number of nitrogens with one attached hydrogen (secondary N) is 1. The van der Waals surface area contributed by atoms with Crippen molar-refractivity contribution < 1.29 is 0 Å². The number of anilines is 1. The van der Waals surface area contributed by atoms with Gasteiger partial charge in [-0.3, -0.25) is 0 Å². The van der Waals surface area contributed by atoms with Crippen molar-refractivity contribution in [1.82, 2.24) is 0 Å². The largest absolute Gasteiger partial charge is 0.381 e. The van der Waals surface area contributed by atoms with E-state index < -0.39 is 0 Å². The van der Waals surface area contributed by atoms with Crippen LogP contribution in [0.2, 0.25) is 0 Å². The van der Waals surface area contributed by atoms with Gasteiger partial charge in [0.2, 0.25) is 0 Å². The maximum Gasteiger partial charge on any atom is 0.101 e. The summed E-state index contributed by atoms with van der Waals surface area (Å²) in [6.45, 7) is 0. The van der Waals surface area contributed by atoms with Crippen LogP contribution in [0.3, 0.4) is 0 Å². The topological polar surface area (TPSA) is 35.8 Å². The van der Waals surface area contributed by atoms with Crippen LogP contribution in [-0.4, -0.2) is 6.04 Å². The smallest absolute Gasteiger partial charge is 0.101 e. The van der Waals surface area contributed by atoms with Crippen LogP contribution in [0, 0.1) is 11.3 Å². The molecule has 0 atom stereocenters. The van der Waals surface area contributed by atoms with E-state index in [1.54, 1.807) is 0 Å². The van der Waals surface area contributed by atoms with Gasteiger partial charge < -0.3 is 5.32 Å². The van der Waals surface area contributed by atoms with Crippen molar-refractivity contribution in [2.24, 2.45) is 0 Å². The van der Waals surface area contributed by atoms with Gasteiger partial charge in [-0.15, -0.1) is 0 Å². The lowest BCUT2D eigenvalue weighted by molar-refractivity contribution is 0.755. The molecule has 0 aromatic heterocycles. The number of nitriles is 1. The van der Waals surface area contributed by atoms with E-state index in [-0.39, 0.29) is 0 Å². The standard InChI is InChI=1S/C12H14N2/c13-9-10-5-1-4-8-12(10)14-11-6-2-3-7-11/h1,4-5,8,11,14H,2-3,6-7H2. The number of rotatable bonds is 2. The molecule has 72 valence electrons. The quantitative estimate of drug-likeness (QED) is 0.770. The summed E-state index contributed by atoms with van der Waals surface area (Å²) < 4.78 is 0. The fourth-order valence-corrected chi connectivity index (χ4v) is 2.00. The highest BCUT2D eigenvalue weighted by atomic mass is 14.9. The summed E-state index contributed by atoms with van der Waals surface area (Å²) in [5, 5.41) is 12.3. The molecule has 2 nitrogen and oxygen atoms in total. The minimum absolute atomic E-state index is 0.574. The van der Waals surface area contributed by atoms with E-state index in [0.717, 1.165) is 11.3 Å². The Bertz CT molecular complexity index is 346. The van der Waals surface area contributed by atoms with Gasteiger partial charge in [0.15, 0.2) is 0 Å². The molecular formula is C12H14N2. The zero-order valence-electron chi connectivity index (χ0n) is 8.16. The minimum atomic E-state index is 0.574. The molecule has 0 heterocycles. The molecule has 1 fully saturated rings. The van der Waals surface area contributed by atoms with Crippen molar-refractivity contribution in [3.8, 4) is 6.07 Å². The highest BCUT2D eigenvalue weighted by molar-refractivity contribution is 5.57. The Balaban J connectivity index is 2.11. The zero-order valence-corrected chi connectivity index (χ0v) is 8.16. The first-order valence-electron chi connectivity index (χ1n) is 5.16. The lowest BCUT2D eigenvalue weighted by Gasteiger charge is -2.14. The molecule has 0 unspecified atom stereocenters. The second-order valence-electron chi connectivity index (χ2n) is 3.78. The van der Waals surface area contributed by atoms with Crippen molar-refractivity contribution in [3.05, 3.63) is 29.8 Å². The average molecular weight is 186 g/mol. The predicted molar refractivity (Wildman–Crippen MR) is 57.0 cm³/mol. The summed E-state index contributed by atoms with van der Waals surface area (Å²) in [6, 6.07) is 10.5. The summed E-state index contributed by atoms with van der Waals surface area (Å²) >= 11 is 0. The lowest BCUT2D eigenvalue weighted by Crippen LogP contribution is -2.15. The van der Waals surface area contributed by atoms with Gasteiger partial charge in [-0.05, 0) is 25.0 Å². The number of benzene rings is 1. The van der Waals surface area contributed by atoms with E-state index in [1.807, 2.05) is 24.3 Å². The molecule has 2 heteroatoms. The van der Waals surface area contributed by atoms with E-state index in [1.165, 1.54) is 25.7 Å². The molecule has 0 radical (unpaired) electrons. The van der Waals surface area contributed by atoms with Gasteiger partial charge in [0.1, 0.15) is 6.07 Å². The fourth-order valence-electron chi connectivity index (χ4n) is 2.00. The maximum absolute atomic E-state index is 8.90. The van der Waals surface area contributed by atoms with E-state index in [9.17, 15) is 0 Å². The van der Waals surface area contributed by atoms with Crippen LogP contribution < -0.4 is 5.32 Å². The normalized spacial score (nSPS) is 16.5. The van der Waals surface area contributed by atoms with E-state index in [0.29, 0.717) is 6.04 Å². The van der Waals surface area contributed by atoms with E-state index >= 15 is 0 Å². The minimum Gasteiger partial charge on any atom is -0.381 e. The van der Waals surface area contributed by atoms with Crippen molar-refractivity contribution in [3.63, 3.8) is 0 Å². The Morgan fingerprint density at radius 3 is 2.64 bits per heavy atom. The van der Waals surface area contributed by atoms with Crippen LogP contribution in [-0.2, 0) is 0 Å². The predicted octanol–water partition coefficient (Wildman–Crippen LogP) is 2.91. The van der Waals surface area contributed by atoms with Crippen LogP contribution in [0.4, 0.5) is 5.69 Å². The molecule has 1 aliphatic rings. The van der Waals surface area contributed by atoms with Crippen molar-refractivity contribution >= 4 is 5.69 Å². The molecular weight excluding hydrogens is 172 g/mol. The first kappa shape index (κ1) is 9.08. The van der Waals surface area contributed by atoms with Crippen molar-refractivity contribution in [1.29, 1.82) is 5.26 Å². The highest BCUT2D eigenvalue weighted by Gasteiger charge is 2.15. The van der Waals surface area contributed by atoms with Crippen LogP contribution >= 0.6 is 0 Å². The molecule has 1 N–H and O–H groups in total. The molecule has 1 aromatic carbocycles. The lowest BCUT2D eigenvalue weighted by atomic mass is 10.1. The maximum atomic E-state index is 8.90. The van der Waals surface area contributed by atoms with Gasteiger partial charge in [0.25, 0.3) is 0 Å². The Labute approximate surface area is 84.6 Å². The molecule has 1 saturated carbocycles. The number of nitrogens with zero attached hydrogens (tertiary/aromatic N) is 1. The Hall–Kier alpha value is -1.49. The molecule has 0 bridgehead atoms. The Morgan fingerprint density at radius 2 is 1.93 bits per heavy atom. The first-order chi connectivity index (χ1) is 6.90. The second kappa shape index (κ2) is 4.15. The molecule has 2 rings (SSSR count). The summed E-state index contributed by atoms with van der Waals surface area (Å²) in [7, 11) is 0. The van der Waals surface area contributed by atoms with Crippen LogP contribution in [0.15, 0.2) is 24.3 Å². The second-order valence-corrected chi connectivity index (χ2v) is 3.78. The van der Waals surface area contributed by atoms with Gasteiger partial charge in [-0.25, -0.2) is 0 Å². The summed E-state index contributed by atoms with van der Waals surface area (Å²) in [5.41, 5.74) is 1.74. The van der Waals surface area contributed by atoms with Gasteiger partial charge in [-0.1, -0.05) is 25.0 Å². The Morgan fingerprint density at radius 1 is 1.21 bits per heavy atom. The monoisotopic (exact) mass is 186 g/mol. The summed E-state index contributed by atoms with van der Waals surface area (Å²) in [5.74, 6) is 0. The Kier molecular flexibility index (Phi) is 2.69. The van der Waals surface area contributed by atoms with Gasteiger partial charge in [0.05, 0.1) is 11.3 Å². The number of para-hydroxylation sites is 1. The van der Waals surface area contributed by atoms with Gasteiger partial charge in [0, 0.05) is 6.04 Å². The SMILES string of the molecule is N#Cc1ccccc1NC1CCCC1. The van der Waals surface area contributed by atoms with Gasteiger partial charge >= 0.3 is 0 Å². The molecule has 0 spiro atoms. The van der Waals surface area contributed by atoms with E-state index in [4.69, 9.17) is 5.26 Å².